The summed E-state index contributed by atoms with van der Waals surface area (Å²) in [6.07, 6.45) is 9.22. The SMILES string of the molecule is O=C(c1c[nH]c(=O)cn1)N1CCOC2(CCN(CCCn3cccn3)CC2)C1. The summed E-state index contributed by atoms with van der Waals surface area (Å²) in [4.78, 5) is 34.6. The molecule has 2 aliphatic rings. The van der Waals surface area contributed by atoms with Crippen molar-refractivity contribution in [1.82, 2.24) is 29.5 Å². The van der Waals surface area contributed by atoms with Gasteiger partial charge in [0.1, 0.15) is 5.69 Å². The van der Waals surface area contributed by atoms with Gasteiger partial charge in [-0.3, -0.25) is 14.3 Å². The molecule has 2 aromatic rings. The van der Waals surface area contributed by atoms with Crippen LogP contribution in [0.2, 0.25) is 0 Å². The quantitative estimate of drug-likeness (QED) is 0.797. The summed E-state index contributed by atoms with van der Waals surface area (Å²) >= 11 is 0. The molecule has 2 saturated heterocycles. The summed E-state index contributed by atoms with van der Waals surface area (Å²) in [5.74, 6) is -0.152. The standard InChI is InChI=1S/C19H26N6O3/c26-17-14-20-16(13-21-17)18(27)24-11-12-28-19(15-24)3-9-23(10-4-19)6-2-8-25-7-1-5-22-25/h1,5,7,13-14H,2-4,6,8-12,15H2,(H,21,26). The van der Waals surface area contributed by atoms with Crippen LogP contribution in [0.15, 0.2) is 35.6 Å². The topological polar surface area (TPSA) is 96.4 Å². The lowest BCUT2D eigenvalue weighted by Crippen LogP contribution is -2.58. The molecule has 0 aliphatic carbocycles. The molecule has 2 fully saturated rings. The Morgan fingerprint density at radius 2 is 2.11 bits per heavy atom. The maximum Gasteiger partial charge on any atom is 0.274 e. The number of ether oxygens (including phenoxy) is 1. The number of hydrogen-bond acceptors (Lipinski definition) is 6. The zero-order valence-corrected chi connectivity index (χ0v) is 15.9. The second-order valence-electron chi connectivity index (χ2n) is 7.52. The van der Waals surface area contributed by atoms with E-state index in [0.29, 0.717) is 19.7 Å². The molecule has 1 spiro atoms. The number of aromatic amines is 1. The molecule has 0 bridgehead atoms. The van der Waals surface area contributed by atoms with Gasteiger partial charge in [0.15, 0.2) is 0 Å². The number of nitrogens with one attached hydrogen (secondary N) is 1. The van der Waals surface area contributed by atoms with Crippen LogP contribution in [0.25, 0.3) is 0 Å². The van der Waals surface area contributed by atoms with E-state index >= 15 is 0 Å². The fourth-order valence-electron chi connectivity index (χ4n) is 4.02. The minimum absolute atomic E-state index is 0.152. The molecule has 0 unspecified atom stereocenters. The lowest BCUT2D eigenvalue weighted by molar-refractivity contribution is -0.127. The molecule has 0 aromatic carbocycles. The van der Waals surface area contributed by atoms with Crippen LogP contribution in [-0.2, 0) is 11.3 Å². The molecule has 0 saturated carbocycles. The lowest BCUT2D eigenvalue weighted by Gasteiger charge is -2.47. The average molecular weight is 386 g/mol. The van der Waals surface area contributed by atoms with Gasteiger partial charge in [0.05, 0.1) is 24.9 Å². The normalized spacial score (nSPS) is 19.8. The van der Waals surface area contributed by atoms with Gasteiger partial charge in [0.2, 0.25) is 0 Å². The van der Waals surface area contributed by atoms with Gasteiger partial charge in [-0.15, -0.1) is 0 Å². The number of aryl methyl sites for hydroxylation is 1. The van der Waals surface area contributed by atoms with Crippen LogP contribution in [0.3, 0.4) is 0 Å². The third kappa shape index (κ3) is 4.31. The molecule has 2 aliphatic heterocycles. The number of carbonyl (C=O) groups excluding carboxylic acids is 1. The van der Waals surface area contributed by atoms with Gasteiger partial charge in [-0.25, -0.2) is 4.98 Å². The molecule has 9 nitrogen and oxygen atoms in total. The fourth-order valence-corrected chi connectivity index (χ4v) is 4.02. The van der Waals surface area contributed by atoms with Crippen LogP contribution in [-0.4, -0.2) is 80.4 Å². The maximum absolute atomic E-state index is 12.7. The number of likely N-dealkylation sites (tertiary alicyclic amines) is 1. The Morgan fingerprint density at radius 1 is 1.25 bits per heavy atom. The molecular formula is C19H26N6O3. The van der Waals surface area contributed by atoms with Gasteiger partial charge in [0.25, 0.3) is 11.5 Å². The van der Waals surface area contributed by atoms with Crippen molar-refractivity contribution in [3.63, 3.8) is 0 Å². The number of carbonyl (C=O) groups is 1. The molecule has 1 N–H and O–H groups in total. The highest BCUT2D eigenvalue weighted by molar-refractivity contribution is 5.92. The number of morpholine rings is 1. The highest BCUT2D eigenvalue weighted by Crippen LogP contribution is 2.30. The molecule has 0 radical (unpaired) electrons. The van der Waals surface area contributed by atoms with E-state index < -0.39 is 0 Å². The van der Waals surface area contributed by atoms with Crippen molar-refractivity contribution < 1.29 is 9.53 Å². The van der Waals surface area contributed by atoms with Crippen molar-refractivity contribution in [2.24, 2.45) is 0 Å². The summed E-state index contributed by atoms with van der Waals surface area (Å²) < 4.78 is 8.10. The Morgan fingerprint density at radius 3 is 2.82 bits per heavy atom. The smallest absolute Gasteiger partial charge is 0.274 e. The molecule has 2 aromatic heterocycles. The number of aromatic nitrogens is 4. The van der Waals surface area contributed by atoms with E-state index in [1.165, 1.54) is 6.20 Å². The lowest BCUT2D eigenvalue weighted by atomic mass is 9.89. The molecule has 28 heavy (non-hydrogen) atoms. The summed E-state index contributed by atoms with van der Waals surface area (Å²) in [5.41, 5.74) is -0.308. The Hall–Kier alpha value is -2.52. The Labute approximate surface area is 163 Å². The van der Waals surface area contributed by atoms with E-state index in [0.717, 1.165) is 51.6 Å². The number of rotatable bonds is 5. The van der Waals surface area contributed by atoms with Gasteiger partial charge in [-0.05, 0) is 31.9 Å². The minimum Gasteiger partial charge on any atom is -0.371 e. The maximum atomic E-state index is 12.7. The Kier molecular flexibility index (Phi) is 5.54. The van der Waals surface area contributed by atoms with Crippen LogP contribution in [0.4, 0.5) is 0 Å². The first kappa shape index (κ1) is 18.8. The average Bonchev–Trinajstić information content (AvgIpc) is 3.23. The van der Waals surface area contributed by atoms with E-state index in [9.17, 15) is 9.59 Å². The monoisotopic (exact) mass is 386 g/mol. The minimum atomic E-state index is -0.310. The summed E-state index contributed by atoms with van der Waals surface area (Å²) in [6.45, 7) is 5.58. The fraction of sp³-hybridized carbons (Fsp3) is 0.579. The van der Waals surface area contributed by atoms with Gasteiger partial charge >= 0.3 is 0 Å². The Balaban J connectivity index is 1.29. The summed E-state index contributed by atoms with van der Waals surface area (Å²) in [5, 5.41) is 4.24. The van der Waals surface area contributed by atoms with Gasteiger partial charge in [-0.1, -0.05) is 0 Å². The van der Waals surface area contributed by atoms with Crippen LogP contribution in [0.5, 0.6) is 0 Å². The molecule has 150 valence electrons. The van der Waals surface area contributed by atoms with Gasteiger partial charge in [0, 0.05) is 44.8 Å². The zero-order chi connectivity index (χ0) is 19.4. The van der Waals surface area contributed by atoms with Crippen molar-refractivity contribution in [3.05, 3.63) is 46.9 Å². The summed E-state index contributed by atoms with van der Waals surface area (Å²) in [7, 11) is 0. The summed E-state index contributed by atoms with van der Waals surface area (Å²) in [6, 6.07) is 1.95. The molecule has 4 rings (SSSR count). The molecule has 1 amide bonds. The predicted molar refractivity (Wildman–Crippen MR) is 102 cm³/mol. The Bertz CT molecular complexity index is 821. The first-order valence-corrected chi connectivity index (χ1v) is 9.81. The molecule has 4 heterocycles. The second kappa shape index (κ2) is 8.24. The predicted octanol–water partition coefficient (Wildman–Crippen LogP) is 0.364. The van der Waals surface area contributed by atoms with Crippen LogP contribution >= 0.6 is 0 Å². The van der Waals surface area contributed by atoms with E-state index in [1.54, 1.807) is 11.1 Å². The second-order valence-corrected chi connectivity index (χ2v) is 7.52. The van der Waals surface area contributed by atoms with Gasteiger partial charge in [-0.2, -0.15) is 5.10 Å². The molecular weight excluding hydrogens is 360 g/mol. The first-order chi connectivity index (χ1) is 13.6. The number of nitrogens with zero attached hydrogens (tertiary/aromatic N) is 5. The highest BCUT2D eigenvalue weighted by atomic mass is 16.5. The van der Waals surface area contributed by atoms with Crippen molar-refractivity contribution >= 4 is 5.91 Å². The van der Waals surface area contributed by atoms with Crippen molar-refractivity contribution in [1.29, 1.82) is 0 Å². The van der Waals surface area contributed by atoms with Crippen LogP contribution in [0, 0.1) is 0 Å². The van der Waals surface area contributed by atoms with Gasteiger partial charge < -0.3 is 19.5 Å². The third-order valence-electron chi connectivity index (χ3n) is 5.61. The van der Waals surface area contributed by atoms with Crippen LogP contribution < -0.4 is 5.56 Å². The van der Waals surface area contributed by atoms with E-state index in [2.05, 4.69) is 20.0 Å². The number of hydrogen-bond donors (Lipinski definition) is 1. The van der Waals surface area contributed by atoms with E-state index in [4.69, 9.17) is 4.74 Å². The van der Waals surface area contributed by atoms with Crippen molar-refractivity contribution in [2.45, 2.75) is 31.4 Å². The van der Waals surface area contributed by atoms with E-state index in [-0.39, 0.29) is 22.8 Å². The highest BCUT2D eigenvalue weighted by Gasteiger charge is 2.41. The van der Waals surface area contributed by atoms with Crippen LogP contribution in [0.1, 0.15) is 29.8 Å². The van der Waals surface area contributed by atoms with Crippen molar-refractivity contribution in [3.8, 4) is 0 Å². The third-order valence-corrected chi connectivity index (χ3v) is 5.61. The number of H-pyrrole nitrogens is 1. The van der Waals surface area contributed by atoms with E-state index in [1.807, 2.05) is 16.9 Å². The number of amides is 1. The molecule has 9 heteroatoms. The zero-order valence-electron chi connectivity index (χ0n) is 15.9. The molecule has 0 atom stereocenters. The first-order valence-electron chi connectivity index (χ1n) is 9.81. The largest absolute Gasteiger partial charge is 0.371 e. The van der Waals surface area contributed by atoms with Crippen molar-refractivity contribution in [2.75, 3.05) is 39.3 Å². The number of piperidine rings is 1.